The number of ketones is 1. The maximum Gasteiger partial charge on any atom is 0.340 e. The quantitative estimate of drug-likeness (QED) is 0.275. The molecule has 3 aliphatic carbocycles. The molecular weight excluding hydrogens is 642 g/mol. The summed E-state index contributed by atoms with van der Waals surface area (Å²) in [6.45, 7) is 10.3. The molecule has 0 bridgehead atoms. The normalized spacial score (nSPS) is 32.1. The Balaban J connectivity index is 1.22. The second-order valence-electron chi connectivity index (χ2n) is 14.8. The Hall–Kier alpha value is -3.87. The number of nitrogens with zero attached hydrogens (tertiary/aromatic N) is 3. The third-order valence-electron chi connectivity index (χ3n) is 11.8. The molecule has 12 nitrogen and oxygen atoms in total. The first-order valence-electron chi connectivity index (χ1n) is 17.6. The van der Waals surface area contributed by atoms with Gasteiger partial charge in [0.15, 0.2) is 5.76 Å². The van der Waals surface area contributed by atoms with E-state index in [4.69, 9.17) is 18.9 Å². The van der Waals surface area contributed by atoms with Crippen molar-refractivity contribution in [1.29, 1.82) is 0 Å². The van der Waals surface area contributed by atoms with E-state index in [0.717, 1.165) is 44.9 Å². The lowest BCUT2D eigenvalue weighted by Crippen LogP contribution is -2.57. The van der Waals surface area contributed by atoms with Crippen LogP contribution in [0.4, 0.5) is 5.69 Å². The molecule has 2 aliphatic heterocycles. The number of hydrogen-bond donors (Lipinski definition) is 2. The molecule has 50 heavy (non-hydrogen) atoms. The molecule has 2 saturated heterocycles. The molecule has 1 aromatic carbocycles. The van der Waals surface area contributed by atoms with Crippen LogP contribution in [0.15, 0.2) is 58.5 Å². The standard InChI is InChI=1S/C38H51N3O9/c1-23(42)49-28-20-37(2)27(12-13-29(37)43)31-33(28)38(3)30(22-47-5)50-36(46)26(32(38)35(45)34(31)44)21-39(4)14-7-15-40-16-18-41(19-17-40)24-8-10-25(48-6)11-9-24/h8-11,21,27-30,43,45H,7,12-20,22H2,1-6H3/b26-21+/t27-,28+,29-,30+,37-,38-/m0/s1. The number of anilines is 1. The highest BCUT2D eigenvalue weighted by molar-refractivity contribution is 6.13. The molecule has 0 unspecified atom stereocenters. The summed E-state index contributed by atoms with van der Waals surface area (Å²) in [6.07, 6.45) is 1.35. The molecule has 2 heterocycles. The molecular formula is C38H51N3O9. The van der Waals surface area contributed by atoms with Crippen molar-refractivity contribution in [2.45, 2.75) is 64.8 Å². The fourth-order valence-corrected chi connectivity index (χ4v) is 9.12. The summed E-state index contributed by atoms with van der Waals surface area (Å²) in [4.78, 5) is 47.1. The van der Waals surface area contributed by atoms with E-state index in [-0.39, 0.29) is 23.7 Å². The number of benzene rings is 1. The number of aliphatic hydroxyl groups excluding tert-OH is 2. The first kappa shape index (κ1) is 35.9. The summed E-state index contributed by atoms with van der Waals surface area (Å²) < 4.78 is 22.8. The van der Waals surface area contributed by atoms with Gasteiger partial charge >= 0.3 is 11.9 Å². The summed E-state index contributed by atoms with van der Waals surface area (Å²) in [6, 6.07) is 8.13. The second kappa shape index (κ2) is 14.0. The number of rotatable bonds is 10. The van der Waals surface area contributed by atoms with Crippen LogP contribution in [-0.4, -0.2) is 123 Å². The SMILES string of the molecule is COC[C@H]1OC(=O)/C(=C/N(C)CCCN2CCN(c3ccc(OC)cc3)CC2)C2=C(O)C(=O)C3=C([C@H](OC(C)=O)C[C@]4(C)[C@@H](O)CC[C@@H]34)[C@]21C. The highest BCUT2D eigenvalue weighted by Gasteiger charge is 2.64. The van der Waals surface area contributed by atoms with Crippen LogP contribution < -0.4 is 9.64 Å². The monoisotopic (exact) mass is 693 g/mol. The fourth-order valence-electron chi connectivity index (χ4n) is 9.12. The first-order valence-corrected chi connectivity index (χ1v) is 17.6. The third kappa shape index (κ3) is 6.19. The predicted molar refractivity (Wildman–Crippen MR) is 186 cm³/mol. The van der Waals surface area contributed by atoms with Gasteiger partial charge in [0.25, 0.3) is 0 Å². The summed E-state index contributed by atoms with van der Waals surface area (Å²) in [5.74, 6) is -1.81. The Morgan fingerprint density at radius 1 is 1.10 bits per heavy atom. The maximum absolute atomic E-state index is 14.2. The zero-order valence-electron chi connectivity index (χ0n) is 30.1. The summed E-state index contributed by atoms with van der Waals surface area (Å²) >= 11 is 0. The van der Waals surface area contributed by atoms with Gasteiger partial charge in [-0.1, -0.05) is 6.92 Å². The van der Waals surface area contributed by atoms with Crippen molar-refractivity contribution < 1.29 is 43.5 Å². The summed E-state index contributed by atoms with van der Waals surface area (Å²) in [5, 5.41) is 22.8. The van der Waals surface area contributed by atoms with Crippen LogP contribution in [0.5, 0.6) is 5.75 Å². The second-order valence-corrected chi connectivity index (χ2v) is 14.8. The van der Waals surface area contributed by atoms with Crippen LogP contribution in [0.25, 0.3) is 0 Å². The molecule has 272 valence electrons. The molecule has 1 saturated carbocycles. The highest BCUT2D eigenvalue weighted by atomic mass is 16.6. The zero-order valence-corrected chi connectivity index (χ0v) is 30.1. The van der Waals surface area contributed by atoms with Crippen molar-refractivity contribution in [1.82, 2.24) is 9.80 Å². The largest absolute Gasteiger partial charge is 0.504 e. The molecule has 0 amide bonds. The Bertz CT molecular complexity index is 1590. The van der Waals surface area contributed by atoms with E-state index >= 15 is 0 Å². The molecule has 0 spiro atoms. The number of ether oxygens (including phenoxy) is 4. The van der Waals surface area contributed by atoms with E-state index in [0.29, 0.717) is 37.0 Å². The van der Waals surface area contributed by atoms with E-state index in [1.807, 2.05) is 37.9 Å². The van der Waals surface area contributed by atoms with Gasteiger partial charge in [0, 0.05) is 82.3 Å². The van der Waals surface area contributed by atoms with Gasteiger partial charge in [0.2, 0.25) is 5.78 Å². The van der Waals surface area contributed by atoms with Gasteiger partial charge in [-0.15, -0.1) is 0 Å². The molecule has 3 fully saturated rings. The Morgan fingerprint density at radius 2 is 1.80 bits per heavy atom. The lowest BCUT2D eigenvalue weighted by molar-refractivity contribution is -0.161. The van der Waals surface area contributed by atoms with Crippen LogP contribution in [-0.2, 0) is 28.6 Å². The Kier molecular flexibility index (Phi) is 10.1. The average molecular weight is 694 g/mol. The van der Waals surface area contributed by atoms with Crippen LogP contribution in [0.3, 0.4) is 0 Å². The minimum absolute atomic E-state index is 0.00378. The molecule has 6 rings (SSSR count). The van der Waals surface area contributed by atoms with Gasteiger partial charge < -0.3 is 39.0 Å². The maximum atomic E-state index is 14.2. The van der Waals surface area contributed by atoms with E-state index in [1.54, 1.807) is 13.3 Å². The number of carbonyl (C=O) groups excluding carboxylic acids is 3. The van der Waals surface area contributed by atoms with Crippen molar-refractivity contribution in [3.05, 3.63) is 58.5 Å². The zero-order chi connectivity index (χ0) is 36.0. The number of fused-ring (bicyclic) bond motifs is 4. The van der Waals surface area contributed by atoms with Gasteiger partial charge in [-0.2, -0.15) is 0 Å². The molecule has 0 aromatic heterocycles. The predicted octanol–water partition coefficient (Wildman–Crippen LogP) is 3.41. The Labute approximate surface area is 294 Å². The summed E-state index contributed by atoms with van der Waals surface area (Å²) in [7, 11) is 5.02. The molecule has 2 N–H and O–H groups in total. The number of piperazine rings is 1. The van der Waals surface area contributed by atoms with E-state index in [9.17, 15) is 24.6 Å². The van der Waals surface area contributed by atoms with Gasteiger partial charge in [-0.3, -0.25) is 14.5 Å². The number of carbonyl (C=O) groups is 3. The lowest BCUT2D eigenvalue weighted by atomic mass is 9.53. The van der Waals surface area contributed by atoms with E-state index in [2.05, 4.69) is 21.9 Å². The molecule has 5 aliphatic rings. The highest BCUT2D eigenvalue weighted by Crippen LogP contribution is 2.63. The average Bonchev–Trinajstić information content (AvgIpc) is 3.38. The smallest absolute Gasteiger partial charge is 0.340 e. The van der Waals surface area contributed by atoms with Crippen molar-refractivity contribution in [3.63, 3.8) is 0 Å². The third-order valence-corrected chi connectivity index (χ3v) is 11.8. The van der Waals surface area contributed by atoms with Crippen LogP contribution in [0, 0.1) is 16.7 Å². The lowest BCUT2D eigenvalue weighted by Gasteiger charge is -2.54. The number of esters is 2. The number of cyclic esters (lactones) is 1. The number of hydrogen-bond acceptors (Lipinski definition) is 12. The van der Waals surface area contributed by atoms with E-state index < -0.39 is 52.6 Å². The molecule has 1 aromatic rings. The van der Waals surface area contributed by atoms with Crippen molar-refractivity contribution in [3.8, 4) is 5.75 Å². The van der Waals surface area contributed by atoms with Crippen LogP contribution in [0.1, 0.15) is 46.5 Å². The van der Waals surface area contributed by atoms with Gasteiger partial charge in [-0.05, 0) is 74.9 Å². The fraction of sp³-hybridized carbons (Fsp3) is 0.605. The van der Waals surface area contributed by atoms with Gasteiger partial charge in [0.1, 0.15) is 18.0 Å². The van der Waals surface area contributed by atoms with Gasteiger partial charge in [0.05, 0.1) is 30.8 Å². The van der Waals surface area contributed by atoms with Crippen LogP contribution >= 0.6 is 0 Å². The minimum Gasteiger partial charge on any atom is -0.504 e. The number of Topliss-reactive ketones (excluding diaryl/α,β-unsaturated/α-hetero) is 1. The Morgan fingerprint density at radius 3 is 2.44 bits per heavy atom. The summed E-state index contributed by atoms with van der Waals surface area (Å²) in [5.41, 5.74) is 0.353. The van der Waals surface area contributed by atoms with Crippen LogP contribution in [0.2, 0.25) is 0 Å². The van der Waals surface area contributed by atoms with Gasteiger partial charge in [-0.25, -0.2) is 4.79 Å². The number of aliphatic hydroxyl groups is 2. The number of allylic oxidation sites excluding steroid dienone is 1. The first-order chi connectivity index (χ1) is 23.8. The molecule has 12 heteroatoms. The molecule has 0 radical (unpaired) electrons. The number of methoxy groups -OCH3 is 2. The van der Waals surface area contributed by atoms with Crippen molar-refractivity contribution in [2.24, 2.45) is 16.7 Å². The van der Waals surface area contributed by atoms with E-state index in [1.165, 1.54) is 19.7 Å². The minimum atomic E-state index is -1.23. The topological polar surface area (TPSA) is 138 Å². The molecule has 6 atom stereocenters. The van der Waals surface area contributed by atoms with Crippen molar-refractivity contribution in [2.75, 3.05) is 72.0 Å². The van der Waals surface area contributed by atoms with Crippen molar-refractivity contribution >= 4 is 23.4 Å².